The molecule has 1 aliphatic rings. The molecule has 3 amide bonds. The predicted molar refractivity (Wildman–Crippen MR) is 102 cm³/mol. The molecule has 0 aromatic heterocycles. The summed E-state index contributed by atoms with van der Waals surface area (Å²) >= 11 is 9.17. The van der Waals surface area contributed by atoms with Crippen molar-refractivity contribution in [3.63, 3.8) is 0 Å². The molecule has 0 spiro atoms. The number of imide groups is 1. The maximum atomic E-state index is 12.6. The molecule has 2 N–H and O–H groups in total. The zero-order valence-electron chi connectivity index (χ0n) is 13.6. The largest absolute Gasteiger partial charge is 0.504 e. The Bertz CT molecular complexity index is 912. The van der Waals surface area contributed by atoms with Crippen molar-refractivity contribution in [1.82, 2.24) is 5.32 Å². The normalized spacial score (nSPS) is 15.5. The number of hydrogen-bond acceptors (Lipinski definition) is 4. The molecule has 1 saturated heterocycles. The zero-order chi connectivity index (χ0) is 18.8. The highest BCUT2D eigenvalue weighted by Crippen LogP contribution is 2.35. The minimum atomic E-state index is -0.580. The van der Waals surface area contributed by atoms with Crippen LogP contribution in [0.25, 0.3) is 6.08 Å². The lowest BCUT2D eigenvalue weighted by Crippen LogP contribution is -2.30. The molecule has 6 nitrogen and oxygen atoms in total. The van der Waals surface area contributed by atoms with Crippen LogP contribution in [0.4, 0.5) is 10.5 Å². The van der Waals surface area contributed by atoms with Crippen LogP contribution >= 0.6 is 27.5 Å². The monoisotopic (exact) mass is 436 g/mol. The van der Waals surface area contributed by atoms with Gasteiger partial charge in [-0.25, -0.2) is 9.69 Å². The number of phenols is 1. The minimum Gasteiger partial charge on any atom is -0.504 e. The number of nitrogens with zero attached hydrogens (tertiary/aromatic N) is 1. The summed E-state index contributed by atoms with van der Waals surface area (Å²) in [5, 5.41) is 13.3. The number of phenolic OH excluding ortho intramolecular Hbond substituents is 1. The van der Waals surface area contributed by atoms with E-state index in [2.05, 4.69) is 21.2 Å². The second-order valence-corrected chi connectivity index (χ2v) is 6.73. The van der Waals surface area contributed by atoms with Crippen LogP contribution in [0.2, 0.25) is 5.02 Å². The van der Waals surface area contributed by atoms with Crippen LogP contribution in [-0.4, -0.2) is 23.7 Å². The Kier molecular flexibility index (Phi) is 5.20. The van der Waals surface area contributed by atoms with Crippen molar-refractivity contribution in [1.29, 1.82) is 0 Å². The van der Waals surface area contributed by atoms with Gasteiger partial charge in [0.05, 0.1) is 12.3 Å². The Morgan fingerprint density at radius 1 is 1.27 bits per heavy atom. The van der Waals surface area contributed by atoms with Gasteiger partial charge in [0.1, 0.15) is 5.70 Å². The second-order valence-electron chi connectivity index (χ2n) is 5.38. The number of aromatic hydroxyl groups is 1. The second kappa shape index (κ2) is 7.39. The molecule has 0 radical (unpaired) electrons. The number of ether oxygens (including phenoxy) is 1. The standard InChI is InChI=1S/C18H14BrClN2O4/c1-2-26-15-9-11(19)7-10(16(15)23)8-14-17(24)22(18(25)21-14)13-5-3-12(20)4-6-13/h3-9,23H,2H2,1H3,(H,21,25)/b14-8+. The first kappa shape index (κ1) is 18.3. The van der Waals surface area contributed by atoms with Gasteiger partial charge in [0, 0.05) is 15.1 Å². The fourth-order valence-electron chi connectivity index (χ4n) is 2.49. The molecule has 2 aromatic carbocycles. The highest BCUT2D eigenvalue weighted by Gasteiger charge is 2.35. The average molecular weight is 438 g/mol. The third-order valence-corrected chi connectivity index (χ3v) is 4.34. The summed E-state index contributed by atoms with van der Waals surface area (Å²) in [6.45, 7) is 2.17. The lowest BCUT2D eigenvalue weighted by molar-refractivity contribution is -0.113. The number of halogens is 2. The maximum Gasteiger partial charge on any atom is 0.333 e. The number of anilines is 1. The van der Waals surface area contributed by atoms with E-state index in [-0.39, 0.29) is 17.2 Å². The van der Waals surface area contributed by atoms with E-state index in [1.807, 2.05) is 0 Å². The Balaban J connectivity index is 1.97. The molecule has 26 heavy (non-hydrogen) atoms. The summed E-state index contributed by atoms with van der Waals surface area (Å²) in [5.74, 6) is -0.371. The van der Waals surface area contributed by atoms with Crippen molar-refractivity contribution in [3.8, 4) is 11.5 Å². The quantitative estimate of drug-likeness (QED) is 0.552. The van der Waals surface area contributed by atoms with E-state index < -0.39 is 11.9 Å². The summed E-state index contributed by atoms with van der Waals surface area (Å²) in [5.41, 5.74) is 0.777. The third-order valence-electron chi connectivity index (χ3n) is 3.63. The Morgan fingerprint density at radius 3 is 2.62 bits per heavy atom. The molecule has 0 saturated carbocycles. The third kappa shape index (κ3) is 3.54. The van der Waals surface area contributed by atoms with E-state index in [0.29, 0.717) is 27.4 Å². The first-order valence-corrected chi connectivity index (χ1v) is 8.85. The van der Waals surface area contributed by atoms with E-state index >= 15 is 0 Å². The molecule has 2 aromatic rings. The highest BCUT2D eigenvalue weighted by atomic mass is 79.9. The molecular formula is C18H14BrClN2O4. The summed E-state index contributed by atoms with van der Waals surface area (Å²) in [6, 6.07) is 8.99. The van der Waals surface area contributed by atoms with Crippen LogP contribution in [0.15, 0.2) is 46.6 Å². The van der Waals surface area contributed by atoms with Crippen molar-refractivity contribution < 1.29 is 19.4 Å². The molecule has 0 bridgehead atoms. The molecule has 1 heterocycles. The van der Waals surface area contributed by atoms with Gasteiger partial charge in [0.2, 0.25) is 0 Å². The van der Waals surface area contributed by atoms with E-state index in [4.69, 9.17) is 16.3 Å². The number of carbonyl (C=O) groups excluding carboxylic acids is 2. The van der Waals surface area contributed by atoms with Gasteiger partial charge in [0.25, 0.3) is 5.91 Å². The van der Waals surface area contributed by atoms with Gasteiger partial charge in [0.15, 0.2) is 11.5 Å². The summed E-state index contributed by atoms with van der Waals surface area (Å²) in [6.07, 6.45) is 1.40. The first-order valence-electron chi connectivity index (χ1n) is 7.68. The summed E-state index contributed by atoms with van der Waals surface area (Å²) in [4.78, 5) is 25.8. The van der Waals surface area contributed by atoms with Crippen LogP contribution in [0, 0.1) is 0 Å². The van der Waals surface area contributed by atoms with Crippen LogP contribution in [0.1, 0.15) is 12.5 Å². The molecule has 0 aliphatic carbocycles. The molecule has 0 atom stereocenters. The van der Waals surface area contributed by atoms with Crippen LogP contribution in [0.5, 0.6) is 11.5 Å². The van der Waals surface area contributed by atoms with E-state index in [1.165, 1.54) is 6.08 Å². The number of benzene rings is 2. The molecule has 8 heteroatoms. The molecule has 1 aliphatic heterocycles. The number of carbonyl (C=O) groups is 2. The number of hydrogen-bond donors (Lipinski definition) is 2. The van der Waals surface area contributed by atoms with Gasteiger partial charge in [-0.1, -0.05) is 27.5 Å². The van der Waals surface area contributed by atoms with E-state index in [1.54, 1.807) is 43.3 Å². The van der Waals surface area contributed by atoms with Gasteiger partial charge in [-0.3, -0.25) is 4.79 Å². The summed E-state index contributed by atoms with van der Waals surface area (Å²) < 4.78 is 6.03. The van der Waals surface area contributed by atoms with Gasteiger partial charge >= 0.3 is 6.03 Å². The molecular weight excluding hydrogens is 424 g/mol. The Labute approximate surface area is 163 Å². The van der Waals surface area contributed by atoms with E-state index in [9.17, 15) is 14.7 Å². The lowest BCUT2D eigenvalue weighted by atomic mass is 10.1. The first-order chi connectivity index (χ1) is 12.4. The summed E-state index contributed by atoms with van der Waals surface area (Å²) in [7, 11) is 0. The molecule has 1 fully saturated rings. The SMILES string of the molecule is CCOc1cc(Br)cc(/C=C2/NC(=O)N(c3ccc(Cl)cc3)C2=O)c1O. The van der Waals surface area contributed by atoms with Gasteiger partial charge in [-0.15, -0.1) is 0 Å². The van der Waals surface area contributed by atoms with Gasteiger partial charge in [-0.2, -0.15) is 0 Å². The van der Waals surface area contributed by atoms with Crippen molar-refractivity contribution in [2.45, 2.75) is 6.92 Å². The number of amides is 3. The Morgan fingerprint density at radius 2 is 1.96 bits per heavy atom. The fraction of sp³-hybridized carbons (Fsp3) is 0.111. The maximum absolute atomic E-state index is 12.6. The van der Waals surface area contributed by atoms with Crippen LogP contribution in [-0.2, 0) is 4.79 Å². The van der Waals surface area contributed by atoms with Gasteiger partial charge in [-0.05, 0) is 49.4 Å². The van der Waals surface area contributed by atoms with E-state index in [0.717, 1.165) is 4.90 Å². The number of urea groups is 1. The minimum absolute atomic E-state index is 0.0424. The van der Waals surface area contributed by atoms with Crippen LogP contribution in [0.3, 0.4) is 0 Å². The van der Waals surface area contributed by atoms with Crippen molar-refractivity contribution in [2.24, 2.45) is 0 Å². The highest BCUT2D eigenvalue weighted by molar-refractivity contribution is 9.10. The van der Waals surface area contributed by atoms with Crippen molar-refractivity contribution >= 4 is 51.2 Å². The smallest absolute Gasteiger partial charge is 0.333 e. The lowest BCUT2D eigenvalue weighted by Gasteiger charge is -2.11. The van der Waals surface area contributed by atoms with Crippen LogP contribution < -0.4 is 15.0 Å². The average Bonchev–Trinajstić information content (AvgIpc) is 2.87. The van der Waals surface area contributed by atoms with Gasteiger partial charge < -0.3 is 15.2 Å². The molecule has 134 valence electrons. The fourth-order valence-corrected chi connectivity index (χ4v) is 3.07. The molecule has 3 rings (SSSR count). The van der Waals surface area contributed by atoms with Crippen molar-refractivity contribution in [3.05, 3.63) is 57.2 Å². The van der Waals surface area contributed by atoms with Crippen molar-refractivity contribution in [2.75, 3.05) is 11.5 Å². The zero-order valence-corrected chi connectivity index (χ0v) is 16.0. The predicted octanol–water partition coefficient (Wildman–Crippen LogP) is 4.30. The molecule has 0 unspecified atom stereocenters. The Hall–Kier alpha value is -2.51. The topological polar surface area (TPSA) is 78.9 Å². The number of rotatable bonds is 4. The number of nitrogens with one attached hydrogen (secondary N) is 1.